The fourth-order valence-corrected chi connectivity index (χ4v) is 3.84. The Hall–Kier alpha value is -3.39. The van der Waals surface area contributed by atoms with E-state index in [2.05, 4.69) is 4.98 Å². The predicted octanol–water partition coefficient (Wildman–Crippen LogP) is 5.63. The molecule has 0 aliphatic rings. The van der Waals surface area contributed by atoms with Gasteiger partial charge in [-0.05, 0) is 35.4 Å². The minimum absolute atomic E-state index is 0.0844. The number of hydrogen-bond acceptors (Lipinski definition) is 3. The molecule has 1 aromatic heterocycles. The molecule has 0 radical (unpaired) electrons. The zero-order valence-electron chi connectivity index (χ0n) is 16.3. The van der Waals surface area contributed by atoms with Crippen molar-refractivity contribution >= 4 is 9.84 Å². The molecule has 0 atom stereocenters. The Morgan fingerprint density at radius 1 is 0.774 bits per heavy atom. The van der Waals surface area contributed by atoms with Crippen LogP contribution in [0.1, 0.15) is 5.69 Å². The topological polar surface area (TPSA) is 52.0 Å². The summed E-state index contributed by atoms with van der Waals surface area (Å²) in [5, 5.41) is 0. The van der Waals surface area contributed by atoms with Crippen molar-refractivity contribution in [3.8, 4) is 28.2 Å². The number of halogens is 3. The molecule has 0 N–H and O–H groups in total. The minimum Gasteiger partial charge on any atom is -0.299 e. The average Bonchev–Trinajstić information content (AvgIpc) is 3.20. The van der Waals surface area contributed by atoms with Crippen LogP contribution >= 0.6 is 0 Å². The first-order valence-electron chi connectivity index (χ1n) is 9.26. The third-order valence-electron chi connectivity index (χ3n) is 4.79. The molecular weight excluding hydrogens is 425 g/mol. The average molecular weight is 442 g/mol. The maximum atomic E-state index is 13.4. The predicted molar refractivity (Wildman–Crippen MR) is 113 cm³/mol. The zero-order chi connectivity index (χ0) is 22.2. The summed E-state index contributed by atoms with van der Waals surface area (Å²) in [5.41, 5.74) is 1.77. The third-order valence-corrected chi connectivity index (χ3v) is 5.92. The van der Waals surface area contributed by atoms with Gasteiger partial charge in [-0.1, -0.05) is 54.6 Å². The van der Waals surface area contributed by atoms with Crippen LogP contribution in [-0.2, 0) is 16.0 Å². The second-order valence-corrected chi connectivity index (χ2v) is 9.04. The Morgan fingerprint density at radius 2 is 1.32 bits per heavy atom. The van der Waals surface area contributed by atoms with Crippen molar-refractivity contribution < 1.29 is 21.6 Å². The third kappa shape index (κ3) is 4.39. The number of imidazole rings is 1. The summed E-state index contributed by atoms with van der Waals surface area (Å²) in [7, 11) is -3.42. The normalized spacial score (nSPS) is 12.1. The highest BCUT2D eigenvalue weighted by Crippen LogP contribution is 2.33. The van der Waals surface area contributed by atoms with E-state index < -0.39 is 21.7 Å². The Balaban J connectivity index is 1.79. The first kappa shape index (κ1) is 20.9. The van der Waals surface area contributed by atoms with E-state index in [0.717, 1.165) is 23.6 Å². The lowest BCUT2D eigenvalue weighted by Crippen LogP contribution is -2.05. The molecule has 4 rings (SSSR count). The van der Waals surface area contributed by atoms with Crippen LogP contribution in [0.3, 0.4) is 0 Å². The van der Waals surface area contributed by atoms with Gasteiger partial charge in [-0.15, -0.1) is 0 Å². The lowest BCUT2D eigenvalue weighted by atomic mass is 10.0. The van der Waals surface area contributed by atoms with E-state index in [0.29, 0.717) is 11.3 Å². The molecule has 8 heteroatoms. The minimum atomic E-state index is -4.61. The molecule has 0 saturated heterocycles. The van der Waals surface area contributed by atoms with Crippen molar-refractivity contribution in [2.75, 3.05) is 6.26 Å². The van der Waals surface area contributed by atoms with Crippen molar-refractivity contribution in [2.24, 2.45) is 0 Å². The molecule has 0 aliphatic heterocycles. The number of sulfone groups is 1. The van der Waals surface area contributed by atoms with E-state index >= 15 is 0 Å². The highest BCUT2D eigenvalue weighted by molar-refractivity contribution is 7.90. The Morgan fingerprint density at radius 3 is 1.87 bits per heavy atom. The number of alkyl halides is 3. The van der Waals surface area contributed by atoms with Crippen molar-refractivity contribution in [2.45, 2.75) is 11.1 Å². The summed E-state index contributed by atoms with van der Waals surface area (Å²) in [5.74, 6) is 0.110. The van der Waals surface area contributed by atoms with Crippen LogP contribution in [0.4, 0.5) is 13.2 Å². The largest absolute Gasteiger partial charge is 0.434 e. The number of benzene rings is 3. The summed E-state index contributed by atoms with van der Waals surface area (Å²) < 4.78 is 64.8. The lowest BCUT2D eigenvalue weighted by molar-refractivity contribution is -0.140. The van der Waals surface area contributed by atoms with Crippen LogP contribution in [0.15, 0.2) is 90.0 Å². The van der Waals surface area contributed by atoms with Crippen LogP contribution in [0.25, 0.3) is 28.2 Å². The maximum absolute atomic E-state index is 13.4. The molecular formula is C23H17F3N2O2S. The summed E-state index contributed by atoms with van der Waals surface area (Å²) in [6.07, 6.45) is -2.63. The van der Waals surface area contributed by atoms with Crippen LogP contribution in [-0.4, -0.2) is 24.2 Å². The molecule has 158 valence electrons. The van der Waals surface area contributed by atoms with E-state index in [4.69, 9.17) is 0 Å². The molecule has 1 heterocycles. The van der Waals surface area contributed by atoms with Crippen LogP contribution in [0, 0.1) is 0 Å². The Labute approximate surface area is 177 Å². The zero-order valence-corrected chi connectivity index (χ0v) is 17.2. The number of rotatable bonds is 4. The van der Waals surface area contributed by atoms with Crippen molar-refractivity contribution in [3.05, 3.63) is 90.8 Å². The summed E-state index contributed by atoms with van der Waals surface area (Å²) in [6.45, 7) is 0. The number of nitrogens with zero attached hydrogens (tertiary/aromatic N) is 2. The van der Waals surface area contributed by atoms with Gasteiger partial charge in [-0.25, -0.2) is 13.4 Å². The smallest absolute Gasteiger partial charge is 0.299 e. The van der Waals surface area contributed by atoms with Crippen molar-refractivity contribution in [1.82, 2.24) is 9.55 Å². The summed E-state index contributed by atoms with van der Waals surface area (Å²) in [6, 6.07) is 22.3. The van der Waals surface area contributed by atoms with Crippen LogP contribution in [0.5, 0.6) is 0 Å². The van der Waals surface area contributed by atoms with Gasteiger partial charge in [0.25, 0.3) is 0 Å². The standard InChI is InChI=1S/C23H17F3N2O2S/c1-31(29,30)20-13-11-19(12-14-20)28-15-21(23(24,25)26)27-22(28)18-9-7-17(8-10-18)16-5-3-2-4-6-16/h2-15H,1H3. The molecule has 4 nitrogen and oxygen atoms in total. The van der Waals surface area contributed by atoms with E-state index in [1.807, 2.05) is 42.5 Å². The molecule has 0 saturated carbocycles. The van der Waals surface area contributed by atoms with Crippen molar-refractivity contribution in [1.29, 1.82) is 0 Å². The Kier molecular flexibility index (Phi) is 5.18. The van der Waals surface area contributed by atoms with Crippen molar-refractivity contribution in [3.63, 3.8) is 0 Å². The fourth-order valence-electron chi connectivity index (χ4n) is 3.21. The van der Waals surface area contributed by atoms with Crippen LogP contribution < -0.4 is 0 Å². The second-order valence-electron chi connectivity index (χ2n) is 7.03. The molecule has 0 fully saturated rings. The van der Waals surface area contributed by atoms with Gasteiger partial charge in [0, 0.05) is 23.7 Å². The van der Waals surface area contributed by atoms with Gasteiger partial charge in [0.1, 0.15) is 5.82 Å². The van der Waals surface area contributed by atoms with Gasteiger partial charge in [-0.2, -0.15) is 13.2 Å². The molecule has 31 heavy (non-hydrogen) atoms. The molecule has 0 aliphatic carbocycles. The number of aromatic nitrogens is 2. The maximum Gasteiger partial charge on any atom is 0.434 e. The molecule has 0 bridgehead atoms. The van der Waals surface area contributed by atoms with Crippen LogP contribution in [0.2, 0.25) is 0 Å². The molecule has 0 unspecified atom stereocenters. The molecule has 0 amide bonds. The SMILES string of the molecule is CS(=O)(=O)c1ccc(-n2cc(C(F)(F)F)nc2-c2ccc(-c3ccccc3)cc2)cc1. The highest BCUT2D eigenvalue weighted by atomic mass is 32.2. The first-order chi connectivity index (χ1) is 14.6. The highest BCUT2D eigenvalue weighted by Gasteiger charge is 2.35. The van der Waals surface area contributed by atoms with Gasteiger partial charge >= 0.3 is 6.18 Å². The Bertz CT molecular complexity index is 1310. The van der Waals surface area contributed by atoms with Gasteiger partial charge < -0.3 is 0 Å². The van der Waals surface area contributed by atoms with E-state index in [-0.39, 0.29) is 10.7 Å². The molecule has 3 aromatic carbocycles. The molecule has 4 aromatic rings. The second kappa shape index (κ2) is 7.70. The fraction of sp³-hybridized carbons (Fsp3) is 0.0870. The van der Waals surface area contributed by atoms with E-state index in [9.17, 15) is 21.6 Å². The summed E-state index contributed by atoms with van der Waals surface area (Å²) >= 11 is 0. The van der Waals surface area contributed by atoms with Gasteiger partial charge in [0.2, 0.25) is 0 Å². The van der Waals surface area contributed by atoms with E-state index in [1.54, 1.807) is 12.1 Å². The first-order valence-corrected chi connectivity index (χ1v) is 11.1. The molecule has 0 spiro atoms. The van der Waals surface area contributed by atoms with Gasteiger partial charge in [0.15, 0.2) is 15.5 Å². The monoisotopic (exact) mass is 442 g/mol. The van der Waals surface area contributed by atoms with E-state index in [1.165, 1.54) is 28.8 Å². The number of hydrogen-bond donors (Lipinski definition) is 0. The quantitative estimate of drug-likeness (QED) is 0.412. The van der Waals surface area contributed by atoms with Gasteiger partial charge in [-0.3, -0.25) is 4.57 Å². The summed E-state index contributed by atoms with van der Waals surface area (Å²) in [4.78, 5) is 3.91. The van der Waals surface area contributed by atoms with Gasteiger partial charge in [0.05, 0.1) is 4.90 Å². The lowest BCUT2D eigenvalue weighted by Gasteiger charge is -2.09.